The van der Waals surface area contributed by atoms with Gasteiger partial charge in [0.1, 0.15) is 10.9 Å². The van der Waals surface area contributed by atoms with E-state index in [1.165, 1.54) is 0 Å². The molecule has 25 heavy (non-hydrogen) atoms. The number of pyridine rings is 1. The Kier molecular flexibility index (Phi) is 3.86. The van der Waals surface area contributed by atoms with E-state index in [2.05, 4.69) is 4.98 Å². The number of esters is 1. The maximum atomic E-state index is 12.2. The van der Waals surface area contributed by atoms with Gasteiger partial charge in [-0.1, -0.05) is 59.6 Å². The molecule has 2 aromatic carbocycles. The average molecular weight is 348 g/mol. The fourth-order valence-electron chi connectivity index (χ4n) is 2.73. The van der Waals surface area contributed by atoms with E-state index >= 15 is 0 Å². The third-order valence-corrected chi connectivity index (χ3v) is 4.38. The number of benzene rings is 2. The molecule has 0 spiro atoms. The number of halogens is 1. The summed E-state index contributed by atoms with van der Waals surface area (Å²) in [4.78, 5) is 16.6. The maximum absolute atomic E-state index is 12.2. The van der Waals surface area contributed by atoms with Crippen molar-refractivity contribution in [1.29, 1.82) is 0 Å². The van der Waals surface area contributed by atoms with Gasteiger partial charge in [0.05, 0.1) is 11.1 Å². The van der Waals surface area contributed by atoms with Crippen LogP contribution >= 0.6 is 11.6 Å². The number of aromatic nitrogens is 1. The van der Waals surface area contributed by atoms with Gasteiger partial charge in [0.25, 0.3) is 0 Å². The molecule has 3 nitrogen and oxygen atoms in total. The summed E-state index contributed by atoms with van der Waals surface area (Å²) in [6, 6.07) is 17.5. The molecule has 1 aliphatic heterocycles. The monoisotopic (exact) mass is 347 g/mol. The normalized spacial score (nSPS) is 15.5. The first-order valence-corrected chi connectivity index (χ1v) is 8.26. The van der Waals surface area contributed by atoms with Crippen molar-refractivity contribution in [2.24, 2.45) is 0 Å². The van der Waals surface area contributed by atoms with Gasteiger partial charge in [-0.15, -0.1) is 0 Å². The maximum Gasteiger partial charge on any atom is 0.343 e. The van der Waals surface area contributed by atoms with Crippen molar-refractivity contribution in [2.75, 3.05) is 0 Å². The number of cyclic esters (lactones) is 1. The summed E-state index contributed by atoms with van der Waals surface area (Å²) in [5, 5.41) is 1.32. The smallest absolute Gasteiger partial charge is 0.343 e. The van der Waals surface area contributed by atoms with E-state index in [1.54, 1.807) is 12.2 Å². The van der Waals surface area contributed by atoms with E-state index in [0.29, 0.717) is 22.0 Å². The lowest BCUT2D eigenvalue weighted by Crippen LogP contribution is -1.97. The van der Waals surface area contributed by atoms with Crippen LogP contribution in [0.25, 0.3) is 22.7 Å². The zero-order chi connectivity index (χ0) is 17.4. The van der Waals surface area contributed by atoms with Crippen LogP contribution in [0.1, 0.15) is 16.7 Å². The summed E-state index contributed by atoms with van der Waals surface area (Å²) in [5.74, 6) is 0.154. The lowest BCUT2D eigenvalue weighted by Gasteiger charge is -2.02. The molecule has 0 saturated heterocycles. The second kappa shape index (κ2) is 6.19. The predicted molar refractivity (Wildman–Crippen MR) is 100.0 cm³/mol. The highest BCUT2D eigenvalue weighted by Gasteiger charge is 2.22. The van der Waals surface area contributed by atoms with Crippen LogP contribution in [0.2, 0.25) is 5.15 Å². The number of fused-ring (bicyclic) bond motifs is 1. The highest BCUT2D eigenvalue weighted by molar-refractivity contribution is 6.31. The number of hydrogen-bond donors (Lipinski definition) is 0. The van der Waals surface area contributed by atoms with Crippen LogP contribution in [-0.4, -0.2) is 11.0 Å². The summed E-state index contributed by atoms with van der Waals surface area (Å²) in [6.45, 7) is 2.01. The van der Waals surface area contributed by atoms with E-state index in [-0.39, 0.29) is 5.97 Å². The topological polar surface area (TPSA) is 39.2 Å². The minimum absolute atomic E-state index is 0.358. The van der Waals surface area contributed by atoms with Crippen molar-refractivity contribution in [3.8, 4) is 0 Å². The Hall–Kier alpha value is -2.91. The lowest BCUT2D eigenvalue weighted by atomic mass is 10.1. The Labute approximate surface area is 150 Å². The molecule has 0 bridgehead atoms. The van der Waals surface area contributed by atoms with E-state index in [4.69, 9.17) is 16.3 Å². The van der Waals surface area contributed by atoms with Crippen molar-refractivity contribution in [2.45, 2.75) is 6.92 Å². The predicted octanol–water partition coefficient (Wildman–Crippen LogP) is 5.18. The highest BCUT2D eigenvalue weighted by atomic mass is 35.5. The zero-order valence-electron chi connectivity index (χ0n) is 13.5. The van der Waals surface area contributed by atoms with Gasteiger partial charge in [-0.05, 0) is 31.2 Å². The van der Waals surface area contributed by atoms with Crippen LogP contribution in [0.5, 0.6) is 0 Å². The molecule has 0 aliphatic carbocycles. The van der Waals surface area contributed by atoms with Crippen LogP contribution in [-0.2, 0) is 9.53 Å². The van der Waals surface area contributed by atoms with Gasteiger partial charge >= 0.3 is 5.97 Å². The molecular formula is C21H14ClNO2. The molecule has 2 heterocycles. The van der Waals surface area contributed by atoms with Crippen LogP contribution in [0.15, 0.2) is 66.2 Å². The quantitative estimate of drug-likeness (QED) is 0.364. The van der Waals surface area contributed by atoms with Gasteiger partial charge in [-0.3, -0.25) is 0 Å². The van der Waals surface area contributed by atoms with Crippen molar-refractivity contribution in [3.63, 3.8) is 0 Å². The SMILES string of the molecule is Cc1ccc(C2=C/C(=C/c3cc4ccccc4nc3Cl)C(=O)O2)cc1. The molecule has 122 valence electrons. The van der Waals surface area contributed by atoms with E-state index in [9.17, 15) is 4.79 Å². The van der Waals surface area contributed by atoms with Crippen LogP contribution in [0, 0.1) is 6.92 Å². The Balaban J connectivity index is 1.74. The van der Waals surface area contributed by atoms with Gasteiger partial charge in [0, 0.05) is 16.5 Å². The molecule has 0 atom stereocenters. The van der Waals surface area contributed by atoms with Crippen LogP contribution in [0.4, 0.5) is 0 Å². The number of aryl methyl sites for hydroxylation is 1. The summed E-state index contributed by atoms with van der Waals surface area (Å²) in [6.07, 6.45) is 3.45. The summed E-state index contributed by atoms with van der Waals surface area (Å²) in [5.41, 5.74) is 3.98. The molecule has 4 rings (SSSR count). The first kappa shape index (κ1) is 15.6. The number of rotatable bonds is 2. The third-order valence-electron chi connectivity index (χ3n) is 4.08. The molecule has 0 fully saturated rings. The molecule has 4 heteroatoms. The largest absolute Gasteiger partial charge is 0.422 e. The van der Waals surface area contributed by atoms with Gasteiger partial charge in [-0.2, -0.15) is 0 Å². The number of ether oxygens (including phenoxy) is 1. The van der Waals surface area contributed by atoms with Gasteiger partial charge < -0.3 is 4.74 Å². The fraction of sp³-hybridized carbons (Fsp3) is 0.0476. The number of hydrogen-bond acceptors (Lipinski definition) is 3. The second-order valence-electron chi connectivity index (χ2n) is 5.92. The first-order chi connectivity index (χ1) is 12.1. The lowest BCUT2D eigenvalue weighted by molar-refractivity contribution is -0.130. The molecule has 0 radical (unpaired) electrons. The Morgan fingerprint density at radius 3 is 2.64 bits per heavy atom. The summed E-state index contributed by atoms with van der Waals surface area (Å²) < 4.78 is 5.39. The van der Waals surface area contributed by atoms with Gasteiger partial charge in [0.15, 0.2) is 0 Å². The van der Waals surface area contributed by atoms with Crippen molar-refractivity contribution < 1.29 is 9.53 Å². The standard InChI is InChI=1S/C21H14ClNO2/c1-13-6-8-14(9-7-13)19-12-17(21(24)25-19)11-16-10-15-4-2-3-5-18(15)23-20(16)22/h2-12H,1H3/b17-11-. The average Bonchev–Trinajstić information content (AvgIpc) is 2.97. The first-order valence-electron chi connectivity index (χ1n) is 7.88. The van der Waals surface area contributed by atoms with Crippen molar-refractivity contribution in [3.05, 3.63) is 88.1 Å². The zero-order valence-corrected chi connectivity index (χ0v) is 14.2. The summed E-state index contributed by atoms with van der Waals surface area (Å²) in [7, 11) is 0. The minimum atomic E-state index is -0.389. The van der Waals surface area contributed by atoms with Crippen LogP contribution < -0.4 is 0 Å². The summed E-state index contributed by atoms with van der Waals surface area (Å²) >= 11 is 6.27. The number of nitrogens with zero attached hydrogens (tertiary/aromatic N) is 1. The highest BCUT2D eigenvalue weighted by Crippen LogP contribution is 2.29. The van der Waals surface area contributed by atoms with E-state index in [0.717, 1.165) is 22.0 Å². The molecule has 1 aliphatic rings. The number of carbonyl (C=O) groups is 1. The molecule has 0 saturated carbocycles. The van der Waals surface area contributed by atoms with Crippen molar-refractivity contribution in [1.82, 2.24) is 4.98 Å². The van der Waals surface area contributed by atoms with Crippen molar-refractivity contribution >= 4 is 40.3 Å². The van der Waals surface area contributed by atoms with E-state index < -0.39 is 0 Å². The Morgan fingerprint density at radius 1 is 1.08 bits per heavy atom. The molecule has 1 aromatic heterocycles. The molecule has 0 N–H and O–H groups in total. The van der Waals surface area contributed by atoms with E-state index in [1.807, 2.05) is 61.5 Å². The fourth-order valence-corrected chi connectivity index (χ4v) is 2.93. The molecule has 3 aromatic rings. The molecule has 0 amide bonds. The van der Waals surface area contributed by atoms with Gasteiger partial charge in [-0.25, -0.2) is 9.78 Å². The van der Waals surface area contributed by atoms with Gasteiger partial charge in [0.2, 0.25) is 0 Å². The molecule has 0 unspecified atom stereocenters. The third kappa shape index (κ3) is 3.06. The number of para-hydroxylation sites is 1. The Bertz CT molecular complexity index is 1050. The van der Waals surface area contributed by atoms with Crippen LogP contribution in [0.3, 0.4) is 0 Å². The second-order valence-corrected chi connectivity index (χ2v) is 6.28. The minimum Gasteiger partial charge on any atom is -0.422 e. The number of carbonyl (C=O) groups excluding carboxylic acids is 1. The molecular weight excluding hydrogens is 334 g/mol. The Morgan fingerprint density at radius 2 is 1.84 bits per heavy atom.